The summed E-state index contributed by atoms with van der Waals surface area (Å²) in [6.07, 6.45) is 1.04. The lowest BCUT2D eigenvalue weighted by Crippen LogP contribution is -2.45. The highest BCUT2D eigenvalue weighted by molar-refractivity contribution is 7.92. The number of nitrogens with zero attached hydrogens (tertiary/aromatic N) is 1. The number of ether oxygens (including phenoxy) is 2. The Morgan fingerprint density at radius 2 is 1.71 bits per heavy atom. The van der Waals surface area contributed by atoms with Crippen molar-refractivity contribution in [3.8, 4) is 5.75 Å². The number of hydrogen-bond acceptors (Lipinski definition) is 6. The number of anilines is 2. The van der Waals surface area contributed by atoms with Crippen LogP contribution in [0.15, 0.2) is 42.5 Å². The van der Waals surface area contributed by atoms with Crippen molar-refractivity contribution in [2.45, 2.75) is 33.7 Å². The van der Waals surface area contributed by atoms with Crippen molar-refractivity contribution >= 4 is 33.3 Å². The number of esters is 1. The normalized spacial score (nSPS) is 12.0. The minimum atomic E-state index is -3.76. The van der Waals surface area contributed by atoms with E-state index in [4.69, 9.17) is 9.47 Å². The minimum absolute atomic E-state index is 0.233. The lowest BCUT2D eigenvalue weighted by atomic mass is 10.1. The van der Waals surface area contributed by atoms with Crippen LogP contribution in [0.1, 0.15) is 36.7 Å². The summed E-state index contributed by atoms with van der Waals surface area (Å²) < 4.78 is 36.4. The number of benzene rings is 2. The molecule has 2 rings (SSSR count). The molecular formula is C22H28N2O6S. The van der Waals surface area contributed by atoms with E-state index in [9.17, 15) is 18.0 Å². The summed E-state index contributed by atoms with van der Waals surface area (Å²) in [7, 11) is -3.76. The molecule has 168 valence electrons. The fourth-order valence-electron chi connectivity index (χ4n) is 3.10. The Labute approximate surface area is 183 Å². The molecule has 1 atom stereocenters. The second-order valence-corrected chi connectivity index (χ2v) is 8.71. The zero-order valence-corrected chi connectivity index (χ0v) is 19.2. The van der Waals surface area contributed by atoms with E-state index >= 15 is 0 Å². The van der Waals surface area contributed by atoms with E-state index in [0.29, 0.717) is 34.9 Å². The van der Waals surface area contributed by atoms with Crippen molar-refractivity contribution in [1.82, 2.24) is 0 Å². The third-order valence-corrected chi connectivity index (χ3v) is 5.82. The molecule has 1 N–H and O–H groups in total. The highest BCUT2D eigenvalue weighted by Gasteiger charge is 2.29. The number of hydrogen-bond donors (Lipinski definition) is 1. The maximum absolute atomic E-state index is 12.9. The maximum atomic E-state index is 12.9. The van der Waals surface area contributed by atoms with Crippen molar-refractivity contribution in [3.05, 3.63) is 53.6 Å². The molecule has 9 heteroatoms. The molecule has 0 saturated heterocycles. The Hall–Kier alpha value is -3.07. The van der Waals surface area contributed by atoms with Gasteiger partial charge in [-0.15, -0.1) is 0 Å². The van der Waals surface area contributed by atoms with E-state index in [1.165, 1.54) is 6.92 Å². The summed E-state index contributed by atoms with van der Waals surface area (Å²) >= 11 is 0. The predicted molar refractivity (Wildman–Crippen MR) is 120 cm³/mol. The first kappa shape index (κ1) is 24.2. The van der Waals surface area contributed by atoms with Gasteiger partial charge in [-0.2, -0.15) is 0 Å². The van der Waals surface area contributed by atoms with E-state index in [0.717, 1.165) is 10.6 Å². The molecule has 1 unspecified atom stereocenters. The van der Waals surface area contributed by atoms with E-state index in [2.05, 4.69) is 5.32 Å². The quantitative estimate of drug-likeness (QED) is 0.590. The first-order valence-corrected chi connectivity index (χ1v) is 11.7. The number of nitrogens with one attached hydrogen (secondary N) is 1. The zero-order chi connectivity index (χ0) is 23.2. The summed E-state index contributed by atoms with van der Waals surface area (Å²) in [5.41, 5.74) is 1.61. The smallest absolute Gasteiger partial charge is 0.338 e. The van der Waals surface area contributed by atoms with E-state index < -0.39 is 27.9 Å². The van der Waals surface area contributed by atoms with Gasteiger partial charge < -0.3 is 14.8 Å². The molecule has 31 heavy (non-hydrogen) atoms. The highest BCUT2D eigenvalue weighted by Crippen LogP contribution is 2.25. The number of carbonyl (C=O) groups is 2. The molecule has 0 spiro atoms. The first-order valence-electron chi connectivity index (χ1n) is 9.90. The molecule has 0 aliphatic rings. The van der Waals surface area contributed by atoms with E-state index in [1.54, 1.807) is 56.3 Å². The van der Waals surface area contributed by atoms with Gasteiger partial charge in [0.2, 0.25) is 15.9 Å². The standard InChI is InChI=1S/C22H28N2O6S/c1-6-29-18-13-11-17(12-14-18)24(31(5,27)28)16(4)21(25)23-20-10-8-9-19(15(20)3)22(26)30-7-2/h8-14,16H,6-7H2,1-5H3,(H,23,25). The Morgan fingerprint density at radius 3 is 2.26 bits per heavy atom. The molecule has 0 aliphatic heterocycles. The summed E-state index contributed by atoms with van der Waals surface area (Å²) in [6.45, 7) is 7.46. The SMILES string of the molecule is CCOC(=O)c1cccc(NC(=O)C(C)N(c2ccc(OCC)cc2)S(C)(=O)=O)c1C. The summed E-state index contributed by atoms with van der Waals surface area (Å²) in [6, 6.07) is 10.3. The molecule has 0 bridgehead atoms. The van der Waals surface area contributed by atoms with E-state index in [-0.39, 0.29) is 6.61 Å². The molecule has 2 aromatic rings. The van der Waals surface area contributed by atoms with Gasteiger partial charge in [0, 0.05) is 5.69 Å². The third-order valence-electron chi connectivity index (χ3n) is 4.58. The molecule has 0 heterocycles. The van der Waals surface area contributed by atoms with Crippen LogP contribution in [0.4, 0.5) is 11.4 Å². The maximum Gasteiger partial charge on any atom is 0.338 e. The van der Waals surface area contributed by atoms with Crippen molar-refractivity contribution in [2.75, 3.05) is 29.1 Å². The number of amides is 1. The molecule has 1 amide bonds. The van der Waals surface area contributed by atoms with Crippen LogP contribution in [0.3, 0.4) is 0 Å². The van der Waals surface area contributed by atoms with Gasteiger partial charge in [0.05, 0.1) is 30.7 Å². The van der Waals surface area contributed by atoms with Gasteiger partial charge in [-0.3, -0.25) is 9.10 Å². The second-order valence-electron chi connectivity index (χ2n) is 6.85. The van der Waals surface area contributed by atoms with Gasteiger partial charge in [-0.25, -0.2) is 13.2 Å². The van der Waals surface area contributed by atoms with E-state index in [1.807, 2.05) is 6.92 Å². The fraction of sp³-hybridized carbons (Fsp3) is 0.364. The number of sulfonamides is 1. The minimum Gasteiger partial charge on any atom is -0.494 e. The van der Waals surface area contributed by atoms with Crippen molar-refractivity contribution in [1.29, 1.82) is 0 Å². The fourth-order valence-corrected chi connectivity index (χ4v) is 4.28. The Bertz CT molecular complexity index is 1030. The van der Waals surface area contributed by atoms with Gasteiger partial charge in [0.25, 0.3) is 0 Å². The Balaban J connectivity index is 2.30. The van der Waals surface area contributed by atoms with Crippen molar-refractivity contribution in [2.24, 2.45) is 0 Å². The molecule has 0 aliphatic carbocycles. The van der Waals surface area contributed by atoms with Crippen LogP contribution in [0.2, 0.25) is 0 Å². The molecule has 2 aromatic carbocycles. The molecule has 0 radical (unpaired) electrons. The predicted octanol–water partition coefficient (Wildman–Crippen LogP) is 3.36. The summed E-state index contributed by atoms with van der Waals surface area (Å²) in [4.78, 5) is 25.0. The molecular weight excluding hydrogens is 420 g/mol. The average Bonchev–Trinajstić information content (AvgIpc) is 2.70. The average molecular weight is 449 g/mol. The molecule has 8 nitrogen and oxygen atoms in total. The Morgan fingerprint density at radius 1 is 1.06 bits per heavy atom. The van der Waals surface area contributed by atoms with Crippen LogP contribution >= 0.6 is 0 Å². The largest absolute Gasteiger partial charge is 0.494 e. The van der Waals surface area contributed by atoms with Crippen LogP contribution in [0.25, 0.3) is 0 Å². The van der Waals surface area contributed by atoms with Gasteiger partial charge in [0.1, 0.15) is 11.8 Å². The van der Waals surface area contributed by atoms with Gasteiger partial charge in [-0.05, 0) is 69.7 Å². The van der Waals surface area contributed by atoms with Crippen LogP contribution < -0.4 is 14.4 Å². The molecule has 0 saturated carbocycles. The van der Waals surface area contributed by atoms with Crippen LogP contribution in [0.5, 0.6) is 5.75 Å². The summed E-state index contributed by atoms with van der Waals surface area (Å²) in [5, 5.41) is 2.72. The summed E-state index contributed by atoms with van der Waals surface area (Å²) in [5.74, 6) is -0.428. The van der Waals surface area contributed by atoms with Crippen LogP contribution in [-0.2, 0) is 19.6 Å². The third kappa shape index (κ3) is 5.97. The van der Waals surface area contributed by atoms with Crippen molar-refractivity contribution < 1.29 is 27.5 Å². The second kappa shape index (κ2) is 10.3. The lowest BCUT2D eigenvalue weighted by molar-refractivity contribution is -0.116. The van der Waals surface area contributed by atoms with Gasteiger partial charge in [0.15, 0.2) is 0 Å². The van der Waals surface area contributed by atoms with Gasteiger partial charge in [-0.1, -0.05) is 6.07 Å². The topological polar surface area (TPSA) is 102 Å². The Kier molecular flexibility index (Phi) is 8.04. The number of rotatable bonds is 9. The highest BCUT2D eigenvalue weighted by atomic mass is 32.2. The molecule has 0 aromatic heterocycles. The zero-order valence-electron chi connectivity index (χ0n) is 18.3. The lowest BCUT2D eigenvalue weighted by Gasteiger charge is -2.28. The van der Waals surface area contributed by atoms with Crippen LogP contribution in [0, 0.1) is 6.92 Å². The number of carbonyl (C=O) groups excluding carboxylic acids is 2. The molecule has 0 fully saturated rings. The van der Waals surface area contributed by atoms with Gasteiger partial charge >= 0.3 is 5.97 Å². The van der Waals surface area contributed by atoms with Crippen molar-refractivity contribution in [3.63, 3.8) is 0 Å². The first-order chi connectivity index (χ1) is 14.6. The van der Waals surface area contributed by atoms with Crippen LogP contribution in [-0.4, -0.2) is 45.8 Å². The monoisotopic (exact) mass is 448 g/mol.